The van der Waals surface area contributed by atoms with E-state index in [1.165, 1.54) is 12.1 Å². The van der Waals surface area contributed by atoms with E-state index in [1.54, 1.807) is 6.07 Å². The molecule has 0 amide bonds. The van der Waals surface area contributed by atoms with Crippen molar-refractivity contribution in [2.45, 2.75) is 58.0 Å². The first kappa shape index (κ1) is 14.2. The van der Waals surface area contributed by atoms with Crippen LogP contribution in [0.1, 0.15) is 57.9 Å². The summed E-state index contributed by atoms with van der Waals surface area (Å²) in [6.45, 7) is 5.99. The largest absolute Gasteiger partial charge is 0.389 e. The van der Waals surface area contributed by atoms with Gasteiger partial charge in [-0.05, 0) is 30.5 Å². The van der Waals surface area contributed by atoms with Crippen LogP contribution in [0.25, 0.3) is 0 Å². The van der Waals surface area contributed by atoms with E-state index in [9.17, 15) is 9.50 Å². The molecule has 0 saturated heterocycles. The molecular weight excluding hydrogens is 215 g/mol. The second-order valence-corrected chi connectivity index (χ2v) is 4.59. The van der Waals surface area contributed by atoms with Crippen molar-refractivity contribution >= 4 is 0 Å². The summed E-state index contributed by atoms with van der Waals surface area (Å²) in [5, 5.41) is 10.4. The van der Waals surface area contributed by atoms with Gasteiger partial charge in [-0.2, -0.15) is 0 Å². The second-order valence-electron chi connectivity index (χ2n) is 4.59. The van der Waals surface area contributed by atoms with Crippen LogP contribution in [0.5, 0.6) is 0 Å². The van der Waals surface area contributed by atoms with Gasteiger partial charge >= 0.3 is 0 Å². The first-order valence-electron chi connectivity index (χ1n) is 6.60. The van der Waals surface area contributed by atoms with Crippen molar-refractivity contribution in [3.05, 3.63) is 35.6 Å². The van der Waals surface area contributed by atoms with Gasteiger partial charge in [-0.25, -0.2) is 4.39 Å². The first-order valence-corrected chi connectivity index (χ1v) is 6.60. The summed E-state index contributed by atoms with van der Waals surface area (Å²) >= 11 is 0. The van der Waals surface area contributed by atoms with Gasteiger partial charge in [0.25, 0.3) is 0 Å². The number of aliphatic hydroxyl groups is 1. The monoisotopic (exact) mass is 238 g/mol. The van der Waals surface area contributed by atoms with Gasteiger partial charge in [0, 0.05) is 5.92 Å². The maximum absolute atomic E-state index is 13.1. The molecule has 1 nitrogen and oxygen atoms in total. The van der Waals surface area contributed by atoms with Crippen LogP contribution in [0.4, 0.5) is 4.39 Å². The van der Waals surface area contributed by atoms with Crippen LogP contribution < -0.4 is 0 Å². The Labute approximate surface area is 104 Å². The number of benzene rings is 1. The van der Waals surface area contributed by atoms with Crippen LogP contribution >= 0.6 is 0 Å². The SMILES string of the molecule is CC.CC(c1cccc(F)c1)C1(O)CCCC1. The Hall–Kier alpha value is -0.890. The van der Waals surface area contributed by atoms with E-state index in [2.05, 4.69) is 0 Å². The minimum absolute atomic E-state index is 0.0238. The zero-order valence-corrected chi connectivity index (χ0v) is 11.0. The van der Waals surface area contributed by atoms with Crippen LogP contribution in [0.3, 0.4) is 0 Å². The Kier molecular flexibility index (Phi) is 5.13. The summed E-state index contributed by atoms with van der Waals surface area (Å²) < 4.78 is 13.1. The van der Waals surface area contributed by atoms with Crippen molar-refractivity contribution in [3.8, 4) is 0 Å². The molecule has 1 aromatic carbocycles. The lowest BCUT2D eigenvalue weighted by molar-refractivity contribution is 0.0242. The Bertz CT molecular complexity index is 343. The van der Waals surface area contributed by atoms with Crippen molar-refractivity contribution in [3.63, 3.8) is 0 Å². The molecule has 17 heavy (non-hydrogen) atoms. The zero-order chi connectivity index (χ0) is 12.9. The molecule has 96 valence electrons. The van der Waals surface area contributed by atoms with Crippen LogP contribution in [0, 0.1) is 5.82 Å². The molecule has 2 rings (SSSR count). The van der Waals surface area contributed by atoms with Crippen LogP contribution in [-0.4, -0.2) is 10.7 Å². The van der Waals surface area contributed by atoms with E-state index in [-0.39, 0.29) is 11.7 Å². The van der Waals surface area contributed by atoms with Gasteiger partial charge in [0.2, 0.25) is 0 Å². The van der Waals surface area contributed by atoms with Crippen LogP contribution in [0.2, 0.25) is 0 Å². The minimum Gasteiger partial charge on any atom is -0.389 e. The fourth-order valence-electron chi connectivity index (χ4n) is 2.51. The maximum atomic E-state index is 13.1. The van der Waals surface area contributed by atoms with Crippen molar-refractivity contribution in [2.75, 3.05) is 0 Å². The fraction of sp³-hybridized carbons (Fsp3) is 0.600. The van der Waals surface area contributed by atoms with Crippen molar-refractivity contribution in [1.29, 1.82) is 0 Å². The Morgan fingerprint density at radius 2 is 1.82 bits per heavy atom. The van der Waals surface area contributed by atoms with Gasteiger partial charge in [-0.3, -0.25) is 0 Å². The summed E-state index contributed by atoms with van der Waals surface area (Å²) in [6, 6.07) is 6.57. The molecule has 1 saturated carbocycles. The summed E-state index contributed by atoms with van der Waals surface area (Å²) in [5.74, 6) is -0.198. The Balaban J connectivity index is 0.000000686. The molecule has 1 atom stereocenters. The topological polar surface area (TPSA) is 20.2 Å². The van der Waals surface area contributed by atoms with Crippen molar-refractivity contribution in [2.24, 2.45) is 0 Å². The van der Waals surface area contributed by atoms with Gasteiger partial charge < -0.3 is 5.11 Å². The van der Waals surface area contributed by atoms with Gasteiger partial charge in [-0.15, -0.1) is 0 Å². The summed E-state index contributed by atoms with van der Waals surface area (Å²) in [4.78, 5) is 0. The molecule has 0 spiro atoms. The number of hydrogen-bond donors (Lipinski definition) is 1. The van der Waals surface area contributed by atoms with Gasteiger partial charge in [0.1, 0.15) is 5.82 Å². The third-order valence-electron chi connectivity index (χ3n) is 3.62. The van der Waals surface area contributed by atoms with E-state index in [0.29, 0.717) is 0 Å². The molecule has 1 aliphatic rings. The van der Waals surface area contributed by atoms with Crippen molar-refractivity contribution < 1.29 is 9.50 Å². The molecule has 2 heteroatoms. The normalized spacial score (nSPS) is 19.4. The maximum Gasteiger partial charge on any atom is 0.123 e. The molecule has 1 N–H and O–H groups in total. The van der Waals surface area contributed by atoms with Gasteiger partial charge in [0.15, 0.2) is 0 Å². The molecule has 0 heterocycles. The molecular formula is C15H23FO. The average molecular weight is 238 g/mol. The number of hydrogen-bond acceptors (Lipinski definition) is 1. The van der Waals surface area contributed by atoms with Crippen LogP contribution in [0.15, 0.2) is 24.3 Å². The molecule has 1 unspecified atom stereocenters. The molecule has 1 aromatic rings. The first-order chi connectivity index (χ1) is 8.12. The quantitative estimate of drug-likeness (QED) is 0.816. The van der Waals surface area contributed by atoms with E-state index >= 15 is 0 Å². The van der Waals surface area contributed by atoms with E-state index in [0.717, 1.165) is 31.2 Å². The minimum atomic E-state index is -0.617. The molecule has 0 aromatic heterocycles. The lowest BCUT2D eigenvalue weighted by atomic mass is 9.82. The van der Waals surface area contributed by atoms with Crippen molar-refractivity contribution in [1.82, 2.24) is 0 Å². The highest BCUT2D eigenvalue weighted by molar-refractivity contribution is 5.23. The highest BCUT2D eigenvalue weighted by Crippen LogP contribution is 2.40. The van der Waals surface area contributed by atoms with E-state index < -0.39 is 5.60 Å². The molecule has 0 bridgehead atoms. The number of rotatable bonds is 2. The molecule has 1 aliphatic carbocycles. The standard InChI is InChI=1S/C13H17FO.C2H6/c1-10(13(15)7-2-3-8-13)11-5-4-6-12(14)9-11;1-2/h4-6,9-10,15H,2-3,7-8H2,1H3;1-2H3. The highest BCUT2D eigenvalue weighted by Gasteiger charge is 2.37. The van der Waals surface area contributed by atoms with Crippen LogP contribution in [-0.2, 0) is 0 Å². The highest BCUT2D eigenvalue weighted by atomic mass is 19.1. The second kappa shape index (κ2) is 6.15. The Morgan fingerprint density at radius 1 is 1.24 bits per heavy atom. The predicted molar refractivity (Wildman–Crippen MR) is 69.6 cm³/mol. The molecule has 0 aliphatic heterocycles. The lowest BCUT2D eigenvalue weighted by Gasteiger charge is -2.30. The third-order valence-corrected chi connectivity index (χ3v) is 3.62. The summed E-state index contributed by atoms with van der Waals surface area (Å²) in [7, 11) is 0. The predicted octanol–water partition coefficient (Wildman–Crippen LogP) is 4.26. The van der Waals surface area contributed by atoms with E-state index in [4.69, 9.17) is 0 Å². The summed E-state index contributed by atoms with van der Waals surface area (Å²) in [6.07, 6.45) is 3.83. The molecule has 0 radical (unpaired) electrons. The van der Waals surface area contributed by atoms with E-state index in [1.807, 2.05) is 26.8 Å². The summed E-state index contributed by atoms with van der Waals surface area (Å²) in [5.41, 5.74) is 0.285. The number of halogens is 1. The zero-order valence-electron chi connectivity index (χ0n) is 11.0. The molecule has 1 fully saturated rings. The smallest absolute Gasteiger partial charge is 0.123 e. The lowest BCUT2D eigenvalue weighted by Crippen LogP contribution is -2.31. The van der Waals surface area contributed by atoms with Gasteiger partial charge in [0.05, 0.1) is 5.60 Å². The fourth-order valence-corrected chi connectivity index (χ4v) is 2.51. The van der Waals surface area contributed by atoms with Gasteiger partial charge in [-0.1, -0.05) is 45.7 Å². The third kappa shape index (κ3) is 3.29. The average Bonchev–Trinajstić information content (AvgIpc) is 2.79. The Morgan fingerprint density at radius 3 is 2.35 bits per heavy atom.